The zero-order valence-electron chi connectivity index (χ0n) is 7.84. The Morgan fingerprint density at radius 2 is 1.67 bits per heavy atom. The molecular formula is C10H10F3NO. The average molecular weight is 217 g/mol. The lowest BCUT2D eigenvalue weighted by atomic mass is 9.90. The van der Waals surface area contributed by atoms with Crippen molar-refractivity contribution in [2.75, 3.05) is 0 Å². The molecule has 2 N–H and O–H groups in total. The second-order valence-electron chi connectivity index (χ2n) is 3.67. The number of nitrogens with two attached hydrogens (primary N) is 1. The van der Waals surface area contributed by atoms with E-state index in [1.807, 2.05) is 0 Å². The van der Waals surface area contributed by atoms with E-state index in [2.05, 4.69) is 0 Å². The van der Waals surface area contributed by atoms with Crippen LogP contribution in [0.25, 0.3) is 0 Å². The van der Waals surface area contributed by atoms with Gasteiger partial charge in [-0.25, -0.2) is 13.2 Å². The minimum absolute atomic E-state index is 0.00306. The highest BCUT2D eigenvalue weighted by molar-refractivity contribution is 5.25. The highest BCUT2D eigenvalue weighted by Crippen LogP contribution is 2.26. The van der Waals surface area contributed by atoms with E-state index in [1.54, 1.807) is 0 Å². The molecule has 0 amide bonds. The molecule has 2 nitrogen and oxygen atoms in total. The summed E-state index contributed by atoms with van der Waals surface area (Å²) in [6.07, 6.45) is 1.19. The molecule has 2 rings (SSSR count). The van der Waals surface area contributed by atoms with Gasteiger partial charge in [0.2, 0.25) is 0 Å². The van der Waals surface area contributed by atoms with Crippen LogP contribution in [0.4, 0.5) is 13.2 Å². The van der Waals surface area contributed by atoms with Gasteiger partial charge in [-0.2, -0.15) is 0 Å². The van der Waals surface area contributed by atoms with Crippen LogP contribution in [0.1, 0.15) is 12.8 Å². The van der Waals surface area contributed by atoms with E-state index in [0.29, 0.717) is 12.8 Å². The van der Waals surface area contributed by atoms with Crippen molar-refractivity contribution in [1.82, 2.24) is 0 Å². The van der Waals surface area contributed by atoms with Gasteiger partial charge in [0, 0.05) is 18.2 Å². The first-order chi connectivity index (χ1) is 7.06. The summed E-state index contributed by atoms with van der Waals surface area (Å²) >= 11 is 0. The summed E-state index contributed by atoms with van der Waals surface area (Å²) in [4.78, 5) is 0. The van der Waals surface area contributed by atoms with E-state index in [9.17, 15) is 13.2 Å². The van der Waals surface area contributed by atoms with Gasteiger partial charge in [0.15, 0.2) is 17.5 Å². The second kappa shape index (κ2) is 3.73. The first kappa shape index (κ1) is 10.3. The van der Waals surface area contributed by atoms with Gasteiger partial charge in [-0.05, 0) is 12.8 Å². The molecule has 0 aromatic heterocycles. The molecule has 1 aliphatic rings. The zero-order valence-corrected chi connectivity index (χ0v) is 7.84. The maximum Gasteiger partial charge on any atom is 0.194 e. The highest BCUT2D eigenvalue weighted by Gasteiger charge is 2.28. The van der Waals surface area contributed by atoms with Crippen molar-refractivity contribution in [3.8, 4) is 5.75 Å². The van der Waals surface area contributed by atoms with Gasteiger partial charge in [0.05, 0.1) is 0 Å². The minimum Gasteiger partial charge on any atom is -0.490 e. The fraction of sp³-hybridized carbons (Fsp3) is 0.400. The average Bonchev–Trinajstić information content (AvgIpc) is 2.11. The van der Waals surface area contributed by atoms with Gasteiger partial charge >= 0.3 is 0 Å². The summed E-state index contributed by atoms with van der Waals surface area (Å²) < 4.78 is 43.3. The normalized spacial score (nSPS) is 24.8. The van der Waals surface area contributed by atoms with Crippen molar-refractivity contribution in [1.29, 1.82) is 0 Å². The number of halogens is 3. The van der Waals surface area contributed by atoms with Crippen LogP contribution in [-0.2, 0) is 0 Å². The van der Waals surface area contributed by atoms with Crippen LogP contribution in [0.3, 0.4) is 0 Å². The van der Waals surface area contributed by atoms with Crippen molar-refractivity contribution in [3.05, 3.63) is 29.6 Å². The molecule has 1 aromatic rings. The fourth-order valence-corrected chi connectivity index (χ4v) is 1.50. The molecule has 0 saturated heterocycles. The Hall–Kier alpha value is -1.23. The number of ether oxygens (including phenoxy) is 1. The third kappa shape index (κ3) is 2.07. The van der Waals surface area contributed by atoms with Crippen molar-refractivity contribution in [2.45, 2.75) is 25.0 Å². The topological polar surface area (TPSA) is 35.2 Å². The molecule has 1 fully saturated rings. The van der Waals surface area contributed by atoms with Gasteiger partial charge in [0.1, 0.15) is 11.9 Å². The molecule has 0 heterocycles. The smallest absolute Gasteiger partial charge is 0.194 e. The third-order valence-corrected chi connectivity index (χ3v) is 2.39. The SMILES string of the molecule is NC1CC(Oc2cc(F)c(F)c(F)c2)C1. The Morgan fingerprint density at radius 3 is 2.13 bits per heavy atom. The summed E-state index contributed by atoms with van der Waals surface area (Å²) in [6.45, 7) is 0. The predicted octanol–water partition coefficient (Wildman–Crippen LogP) is 1.97. The Kier molecular flexibility index (Phi) is 2.56. The van der Waals surface area contributed by atoms with E-state index in [4.69, 9.17) is 10.5 Å². The largest absolute Gasteiger partial charge is 0.490 e. The van der Waals surface area contributed by atoms with Crippen molar-refractivity contribution in [2.24, 2.45) is 5.73 Å². The molecule has 0 radical (unpaired) electrons. The summed E-state index contributed by atoms with van der Waals surface area (Å²) in [7, 11) is 0. The van der Waals surface area contributed by atoms with E-state index in [1.165, 1.54) is 0 Å². The lowest BCUT2D eigenvalue weighted by Gasteiger charge is -2.32. The van der Waals surface area contributed by atoms with Crippen molar-refractivity contribution >= 4 is 0 Å². The minimum atomic E-state index is -1.48. The molecule has 1 aromatic carbocycles. The molecule has 0 atom stereocenters. The first-order valence-corrected chi connectivity index (χ1v) is 4.63. The molecule has 15 heavy (non-hydrogen) atoms. The molecule has 0 bridgehead atoms. The number of benzene rings is 1. The van der Waals surface area contributed by atoms with Crippen LogP contribution in [0, 0.1) is 17.5 Å². The Bertz CT molecular complexity index is 354. The molecule has 0 unspecified atom stereocenters. The van der Waals surface area contributed by atoms with E-state index < -0.39 is 17.5 Å². The summed E-state index contributed by atoms with van der Waals surface area (Å²) in [5.74, 6) is -3.96. The van der Waals surface area contributed by atoms with Gasteiger partial charge in [0.25, 0.3) is 0 Å². The van der Waals surface area contributed by atoms with Crippen LogP contribution in [0.5, 0.6) is 5.75 Å². The number of rotatable bonds is 2. The van der Waals surface area contributed by atoms with Crippen LogP contribution >= 0.6 is 0 Å². The monoisotopic (exact) mass is 217 g/mol. The predicted molar refractivity (Wildman–Crippen MR) is 47.9 cm³/mol. The Morgan fingerprint density at radius 1 is 1.13 bits per heavy atom. The third-order valence-electron chi connectivity index (χ3n) is 2.39. The first-order valence-electron chi connectivity index (χ1n) is 4.63. The molecule has 1 saturated carbocycles. The van der Waals surface area contributed by atoms with Crippen molar-refractivity contribution in [3.63, 3.8) is 0 Å². The van der Waals surface area contributed by atoms with Crippen LogP contribution in [0.2, 0.25) is 0 Å². The molecular weight excluding hydrogens is 207 g/mol. The summed E-state index contributed by atoms with van der Waals surface area (Å²) in [6, 6.07) is 1.76. The number of hydrogen-bond acceptors (Lipinski definition) is 2. The van der Waals surface area contributed by atoms with Crippen LogP contribution in [-0.4, -0.2) is 12.1 Å². The lowest BCUT2D eigenvalue weighted by Crippen LogP contribution is -2.43. The maximum absolute atomic E-state index is 12.8. The molecule has 1 aliphatic carbocycles. The Balaban J connectivity index is 2.09. The second-order valence-corrected chi connectivity index (χ2v) is 3.67. The lowest BCUT2D eigenvalue weighted by molar-refractivity contribution is 0.0998. The fourth-order valence-electron chi connectivity index (χ4n) is 1.50. The summed E-state index contributed by atoms with van der Waals surface area (Å²) in [5, 5.41) is 0. The van der Waals surface area contributed by atoms with E-state index in [0.717, 1.165) is 12.1 Å². The standard InChI is InChI=1S/C10H10F3NO/c11-8-3-7(4-9(12)10(8)13)15-6-1-5(14)2-6/h3-6H,1-2,14H2. The van der Waals surface area contributed by atoms with Crippen molar-refractivity contribution < 1.29 is 17.9 Å². The Labute approximate surface area is 84.8 Å². The molecule has 82 valence electrons. The maximum atomic E-state index is 12.8. The molecule has 0 aliphatic heterocycles. The van der Waals surface area contributed by atoms with Gasteiger partial charge < -0.3 is 10.5 Å². The highest BCUT2D eigenvalue weighted by atomic mass is 19.2. The number of hydrogen-bond donors (Lipinski definition) is 1. The van der Waals surface area contributed by atoms with Gasteiger partial charge in [-0.1, -0.05) is 0 Å². The van der Waals surface area contributed by atoms with Crippen LogP contribution < -0.4 is 10.5 Å². The zero-order chi connectivity index (χ0) is 11.0. The van der Waals surface area contributed by atoms with Crippen LogP contribution in [0.15, 0.2) is 12.1 Å². The van der Waals surface area contributed by atoms with Gasteiger partial charge in [-0.15, -0.1) is 0 Å². The quantitative estimate of drug-likeness (QED) is 0.768. The molecule has 5 heteroatoms. The van der Waals surface area contributed by atoms with E-state index >= 15 is 0 Å². The van der Waals surface area contributed by atoms with E-state index in [-0.39, 0.29) is 17.9 Å². The molecule has 0 spiro atoms. The summed E-state index contributed by atoms with van der Waals surface area (Å²) in [5.41, 5.74) is 5.52. The van der Waals surface area contributed by atoms with Gasteiger partial charge in [-0.3, -0.25) is 0 Å².